The van der Waals surface area contributed by atoms with E-state index >= 15 is 0 Å². The summed E-state index contributed by atoms with van der Waals surface area (Å²) in [4.78, 5) is 57.7. The van der Waals surface area contributed by atoms with Crippen LogP contribution in [0, 0.1) is 6.92 Å². The van der Waals surface area contributed by atoms with Gasteiger partial charge in [0.1, 0.15) is 5.60 Å². The third-order valence-corrected chi connectivity index (χ3v) is 8.04. The van der Waals surface area contributed by atoms with Crippen molar-refractivity contribution in [2.24, 2.45) is 5.73 Å². The van der Waals surface area contributed by atoms with Crippen LogP contribution in [0.2, 0.25) is 0 Å². The number of para-hydroxylation sites is 1. The minimum Gasteiger partial charge on any atom is -0.444 e. The maximum atomic E-state index is 14.7. The average Bonchev–Trinajstić information content (AvgIpc) is 3.35. The molecule has 1 atom stereocenters. The summed E-state index contributed by atoms with van der Waals surface area (Å²) in [5.41, 5.74) is 8.71. The number of nitrogens with zero attached hydrogens (tertiary/aromatic N) is 4. The van der Waals surface area contributed by atoms with Gasteiger partial charge in [0.2, 0.25) is 11.8 Å². The summed E-state index contributed by atoms with van der Waals surface area (Å²) in [5.74, 6) is -0.752. The minimum absolute atomic E-state index is 0.123. The highest BCUT2D eigenvalue weighted by molar-refractivity contribution is 6.01. The summed E-state index contributed by atoms with van der Waals surface area (Å²) < 4.78 is 7.78. The number of aromatic nitrogens is 1. The van der Waals surface area contributed by atoms with Crippen molar-refractivity contribution in [1.82, 2.24) is 19.3 Å². The lowest BCUT2D eigenvalue weighted by molar-refractivity contribution is -0.134. The molecule has 1 saturated heterocycles. The molecule has 4 amide bonds. The smallest absolute Gasteiger partial charge is 0.410 e. The molecule has 0 radical (unpaired) electrons. The number of benzene rings is 2. The molecule has 0 bridgehead atoms. The molecular formula is C36H47N5O5. The van der Waals surface area contributed by atoms with E-state index in [1.165, 1.54) is 0 Å². The van der Waals surface area contributed by atoms with Crippen molar-refractivity contribution in [2.45, 2.75) is 78.5 Å². The number of primary amides is 1. The molecule has 2 aromatic carbocycles. The highest BCUT2D eigenvalue weighted by Crippen LogP contribution is 2.33. The lowest BCUT2D eigenvalue weighted by atomic mass is 10.0. The molecule has 2 N–H and O–H groups in total. The Kier molecular flexibility index (Phi) is 10.9. The van der Waals surface area contributed by atoms with E-state index < -0.39 is 23.6 Å². The lowest BCUT2D eigenvalue weighted by Gasteiger charge is -2.44. The molecule has 10 nitrogen and oxygen atoms in total. The van der Waals surface area contributed by atoms with Crippen LogP contribution >= 0.6 is 0 Å². The van der Waals surface area contributed by atoms with Crippen molar-refractivity contribution in [3.05, 3.63) is 78.0 Å². The molecule has 0 unspecified atom stereocenters. The minimum atomic E-state index is -0.678. The zero-order chi connectivity index (χ0) is 33.6. The number of rotatable bonds is 10. The Morgan fingerprint density at radius 2 is 1.59 bits per heavy atom. The fraction of sp³-hybridized carbons (Fsp3) is 0.444. The van der Waals surface area contributed by atoms with Gasteiger partial charge in [-0.05, 0) is 71.7 Å². The first-order valence-electron chi connectivity index (χ1n) is 16.0. The van der Waals surface area contributed by atoms with E-state index in [9.17, 15) is 19.2 Å². The fourth-order valence-corrected chi connectivity index (χ4v) is 5.90. The summed E-state index contributed by atoms with van der Waals surface area (Å²) in [6.45, 7) is 12.3. The summed E-state index contributed by atoms with van der Waals surface area (Å²) >= 11 is 0. The third kappa shape index (κ3) is 8.35. The van der Waals surface area contributed by atoms with Gasteiger partial charge in [-0.25, -0.2) is 4.79 Å². The molecule has 1 aliphatic heterocycles. The Bertz CT molecular complexity index is 1530. The maximum absolute atomic E-state index is 14.7. The van der Waals surface area contributed by atoms with E-state index in [1.54, 1.807) is 14.7 Å². The fourth-order valence-electron chi connectivity index (χ4n) is 5.90. The second-order valence-corrected chi connectivity index (χ2v) is 13.1. The van der Waals surface area contributed by atoms with Crippen molar-refractivity contribution >= 4 is 23.8 Å². The summed E-state index contributed by atoms with van der Waals surface area (Å²) in [7, 11) is 0. The summed E-state index contributed by atoms with van der Waals surface area (Å²) in [6.07, 6.45) is 0.179. The number of hydrogen-bond donors (Lipinski definition) is 1. The number of amides is 4. The number of nitrogens with two attached hydrogens (primary N) is 1. The van der Waals surface area contributed by atoms with Crippen LogP contribution in [0.15, 0.2) is 66.7 Å². The Morgan fingerprint density at radius 1 is 0.957 bits per heavy atom. The van der Waals surface area contributed by atoms with Gasteiger partial charge in [0.15, 0.2) is 0 Å². The molecular weight excluding hydrogens is 582 g/mol. The van der Waals surface area contributed by atoms with Gasteiger partial charge in [-0.15, -0.1) is 0 Å². The molecule has 246 valence electrons. The van der Waals surface area contributed by atoms with Crippen LogP contribution in [0.3, 0.4) is 0 Å². The molecule has 1 fully saturated rings. The molecule has 10 heteroatoms. The van der Waals surface area contributed by atoms with Crippen molar-refractivity contribution in [3.63, 3.8) is 0 Å². The van der Waals surface area contributed by atoms with Crippen LogP contribution in [0.5, 0.6) is 0 Å². The van der Waals surface area contributed by atoms with Gasteiger partial charge in [-0.3, -0.25) is 14.4 Å². The van der Waals surface area contributed by atoms with E-state index in [2.05, 4.69) is 4.57 Å². The number of carbonyl (C=O) groups excluding carboxylic acids is 4. The second-order valence-electron chi connectivity index (χ2n) is 13.1. The van der Waals surface area contributed by atoms with E-state index in [0.717, 1.165) is 22.6 Å². The average molecular weight is 630 g/mol. The number of carbonyl (C=O) groups is 4. The Labute approximate surface area is 272 Å². The van der Waals surface area contributed by atoms with Crippen molar-refractivity contribution in [1.29, 1.82) is 0 Å². The highest BCUT2D eigenvalue weighted by Gasteiger charge is 2.38. The van der Waals surface area contributed by atoms with Gasteiger partial charge in [-0.1, -0.05) is 48.5 Å². The third-order valence-electron chi connectivity index (χ3n) is 8.04. The predicted octanol–water partition coefficient (Wildman–Crippen LogP) is 5.41. The Balaban J connectivity index is 1.73. The van der Waals surface area contributed by atoms with Gasteiger partial charge < -0.3 is 29.7 Å². The zero-order valence-electron chi connectivity index (χ0n) is 27.9. The van der Waals surface area contributed by atoms with Crippen LogP contribution in [0.4, 0.5) is 4.79 Å². The first kappa shape index (κ1) is 34.3. The Morgan fingerprint density at radius 3 is 2.17 bits per heavy atom. The van der Waals surface area contributed by atoms with Crippen molar-refractivity contribution in [3.8, 4) is 16.9 Å². The van der Waals surface area contributed by atoms with Crippen LogP contribution in [0.25, 0.3) is 16.9 Å². The van der Waals surface area contributed by atoms with Crippen LogP contribution in [0.1, 0.15) is 69.9 Å². The summed E-state index contributed by atoms with van der Waals surface area (Å²) in [5, 5.41) is 0. The van der Waals surface area contributed by atoms with E-state index in [4.69, 9.17) is 10.5 Å². The SMILES string of the molecule is Cc1cc(C(=O)N2CCN(C(=O)OC(C)(C)C)C[C@H]2CN(C(=O)CCCC(N)=O)C(C)C)c(-c2ccccc2)n1-c1ccccc1. The number of hydrogen-bond acceptors (Lipinski definition) is 5. The number of piperazine rings is 1. The lowest BCUT2D eigenvalue weighted by Crippen LogP contribution is -2.61. The standard InChI is InChI=1S/C36H47N5O5/c1-25(2)40(32(43)19-13-18-31(37)42)24-29-23-38(35(45)46-36(4,5)6)20-21-39(29)34(44)30-22-26(3)41(28-16-11-8-12-17-28)33(30)27-14-9-7-10-15-27/h7-12,14-17,22,25,29H,13,18-21,23-24H2,1-6H3,(H2,37,42)/t29-/m0/s1. The second kappa shape index (κ2) is 14.7. The predicted molar refractivity (Wildman–Crippen MR) is 178 cm³/mol. The zero-order valence-corrected chi connectivity index (χ0v) is 27.9. The van der Waals surface area contributed by atoms with E-state index in [-0.39, 0.29) is 50.3 Å². The monoisotopic (exact) mass is 629 g/mol. The first-order chi connectivity index (χ1) is 21.8. The van der Waals surface area contributed by atoms with Crippen molar-refractivity contribution in [2.75, 3.05) is 26.2 Å². The van der Waals surface area contributed by atoms with Crippen LogP contribution in [-0.4, -0.2) is 86.9 Å². The largest absolute Gasteiger partial charge is 0.444 e. The van der Waals surface area contributed by atoms with E-state index in [0.29, 0.717) is 18.5 Å². The van der Waals surface area contributed by atoms with Gasteiger partial charge in [-0.2, -0.15) is 0 Å². The molecule has 0 spiro atoms. The molecule has 0 saturated carbocycles. The molecule has 3 aromatic rings. The number of aryl methyl sites for hydroxylation is 1. The first-order valence-corrected chi connectivity index (χ1v) is 16.0. The molecule has 1 aromatic heterocycles. The van der Waals surface area contributed by atoms with Gasteiger partial charge in [0, 0.05) is 56.4 Å². The van der Waals surface area contributed by atoms with Crippen molar-refractivity contribution < 1.29 is 23.9 Å². The molecule has 4 rings (SSSR count). The van der Waals surface area contributed by atoms with E-state index in [1.807, 2.05) is 108 Å². The summed E-state index contributed by atoms with van der Waals surface area (Å²) in [6, 6.07) is 21.0. The quantitative estimate of drug-likeness (QED) is 0.322. The number of ether oxygens (including phenoxy) is 1. The molecule has 46 heavy (non-hydrogen) atoms. The maximum Gasteiger partial charge on any atom is 0.410 e. The van der Waals surface area contributed by atoms with Crippen LogP contribution in [-0.2, 0) is 14.3 Å². The molecule has 2 heterocycles. The van der Waals surface area contributed by atoms with Crippen LogP contribution < -0.4 is 5.73 Å². The molecule has 1 aliphatic rings. The van der Waals surface area contributed by atoms with Gasteiger partial charge in [0.25, 0.3) is 5.91 Å². The Hall–Kier alpha value is -4.60. The topological polar surface area (TPSA) is 118 Å². The highest BCUT2D eigenvalue weighted by atomic mass is 16.6. The molecule has 0 aliphatic carbocycles. The normalized spacial score (nSPS) is 15.2. The van der Waals surface area contributed by atoms with Gasteiger partial charge >= 0.3 is 6.09 Å². The van der Waals surface area contributed by atoms with Gasteiger partial charge in [0.05, 0.1) is 17.3 Å².